The Balaban J connectivity index is 3.01. The molecule has 1 aromatic rings. The molecular weight excluding hydrogens is 142 g/mol. The standard InChI is InChI=1S/C8H7NO2/c10-5-7(6-11)8-3-1-2-4-9-8/h1-6,10H/p-1/b7-5-. The van der Waals surface area contributed by atoms with E-state index in [-0.39, 0.29) is 5.57 Å². The zero-order valence-corrected chi connectivity index (χ0v) is 5.73. The molecule has 0 aliphatic rings. The van der Waals surface area contributed by atoms with Crippen LogP contribution in [-0.4, -0.2) is 11.3 Å². The predicted molar refractivity (Wildman–Crippen MR) is 38.3 cm³/mol. The van der Waals surface area contributed by atoms with Gasteiger partial charge in [0.05, 0.1) is 5.69 Å². The molecule has 11 heavy (non-hydrogen) atoms. The summed E-state index contributed by atoms with van der Waals surface area (Å²) in [7, 11) is 0. The third-order valence-corrected chi connectivity index (χ3v) is 1.21. The summed E-state index contributed by atoms with van der Waals surface area (Å²) in [4.78, 5) is 14.0. The number of nitrogens with zero attached hydrogens (tertiary/aromatic N) is 1. The fourth-order valence-electron chi connectivity index (χ4n) is 0.682. The van der Waals surface area contributed by atoms with Gasteiger partial charge >= 0.3 is 0 Å². The smallest absolute Gasteiger partial charge is 0.151 e. The highest BCUT2D eigenvalue weighted by molar-refractivity contribution is 6.05. The third-order valence-electron chi connectivity index (χ3n) is 1.21. The average Bonchev–Trinajstić information content (AvgIpc) is 2.09. The number of aldehydes is 1. The SMILES string of the molecule is O=C/C(=C/[O-])c1ccccn1. The summed E-state index contributed by atoms with van der Waals surface area (Å²) in [5, 5.41) is 10.2. The van der Waals surface area contributed by atoms with Crippen LogP contribution in [0.15, 0.2) is 30.7 Å². The van der Waals surface area contributed by atoms with Crippen molar-refractivity contribution in [3.8, 4) is 0 Å². The molecule has 3 nitrogen and oxygen atoms in total. The van der Waals surface area contributed by atoms with Gasteiger partial charge in [-0.3, -0.25) is 9.78 Å². The lowest BCUT2D eigenvalue weighted by molar-refractivity contribution is -0.273. The highest BCUT2D eigenvalue weighted by atomic mass is 16.2. The van der Waals surface area contributed by atoms with Gasteiger partial charge in [0, 0.05) is 11.8 Å². The lowest BCUT2D eigenvalue weighted by Crippen LogP contribution is -1.95. The first-order valence-corrected chi connectivity index (χ1v) is 3.07. The molecule has 0 fully saturated rings. The van der Waals surface area contributed by atoms with Gasteiger partial charge in [0.25, 0.3) is 0 Å². The molecule has 0 saturated heterocycles. The van der Waals surface area contributed by atoms with Crippen molar-refractivity contribution in [2.45, 2.75) is 0 Å². The summed E-state index contributed by atoms with van der Waals surface area (Å²) in [5.74, 6) is 0. The fourth-order valence-corrected chi connectivity index (χ4v) is 0.682. The zero-order chi connectivity index (χ0) is 8.10. The minimum absolute atomic E-state index is 0.0746. The number of rotatable bonds is 2. The quantitative estimate of drug-likeness (QED) is 0.336. The lowest BCUT2D eigenvalue weighted by Gasteiger charge is -1.99. The Hall–Kier alpha value is -1.64. The molecule has 0 atom stereocenters. The maximum absolute atomic E-state index is 10.2. The Bertz CT molecular complexity index is 267. The van der Waals surface area contributed by atoms with Gasteiger partial charge in [-0.1, -0.05) is 6.07 Å². The van der Waals surface area contributed by atoms with Crippen LogP contribution in [-0.2, 0) is 4.79 Å². The predicted octanol–water partition coefficient (Wildman–Crippen LogP) is -0.0183. The summed E-state index contributed by atoms with van der Waals surface area (Å²) in [6, 6.07) is 5.05. The van der Waals surface area contributed by atoms with Crippen molar-refractivity contribution < 1.29 is 9.90 Å². The van der Waals surface area contributed by atoms with Crippen molar-refractivity contribution in [2.75, 3.05) is 0 Å². The summed E-state index contributed by atoms with van der Waals surface area (Å²) < 4.78 is 0. The van der Waals surface area contributed by atoms with Crippen LogP contribution in [0.1, 0.15) is 5.69 Å². The second kappa shape index (κ2) is 3.51. The molecule has 0 aromatic carbocycles. The normalized spacial score (nSPS) is 11.1. The van der Waals surface area contributed by atoms with Crippen LogP contribution < -0.4 is 5.11 Å². The molecule has 3 heteroatoms. The van der Waals surface area contributed by atoms with Crippen molar-refractivity contribution >= 4 is 11.9 Å². The first-order valence-electron chi connectivity index (χ1n) is 3.07. The number of carbonyl (C=O) groups excluding carboxylic acids is 1. The first-order chi connectivity index (χ1) is 5.38. The maximum Gasteiger partial charge on any atom is 0.151 e. The fraction of sp³-hybridized carbons (Fsp3) is 0. The van der Waals surface area contributed by atoms with Gasteiger partial charge in [-0.15, -0.1) is 6.26 Å². The van der Waals surface area contributed by atoms with Crippen LogP contribution in [0.3, 0.4) is 0 Å². The van der Waals surface area contributed by atoms with E-state index in [1.165, 1.54) is 6.20 Å². The topological polar surface area (TPSA) is 53.0 Å². The monoisotopic (exact) mass is 148 g/mol. The molecule has 56 valence electrons. The molecule has 0 saturated carbocycles. The lowest BCUT2D eigenvalue weighted by atomic mass is 10.2. The summed E-state index contributed by atoms with van der Waals surface area (Å²) >= 11 is 0. The summed E-state index contributed by atoms with van der Waals surface area (Å²) in [6.45, 7) is 0. The van der Waals surface area contributed by atoms with E-state index in [9.17, 15) is 9.90 Å². The Morgan fingerprint density at radius 3 is 2.82 bits per heavy atom. The van der Waals surface area contributed by atoms with E-state index in [0.717, 1.165) is 0 Å². The molecule has 1 aromatic heterocycles. The van der Waals surface area contributed by atoms with Crippen molar-refractivity contribution in [3.05, 3.63) is 36.4 Å². The Morgan fingerprint density at radius 1 is 1.55 bits per heavy atom. The van der Waals surface area contributed by atoms with E-state index < -0.39 is 0 Å². The van der Waals surface area contributed by atoms with Gasteiger partial charge in [0.1, 0.15) is 0 Å². The Morgan fingerprint density at radius 2 is 2.36 bits per heavy atom. The van der Waals surface area contributed by atoms with Gasteiger partial charge in [0.2, 0.25) is 0 Å². The molecule has 0 N–H and O–H groups in total. The van der Waals surface area contributed by atoms with Crippen LogP contribution in [0.4, 0.5) is 0 Å². The van der Waals surface area contributed by atoms with Crippen molar-refractivity contribution in [2.24, 2.45) is 0 Å². The van der Waals surface area contributed by atoms with E-state index >= 15 is 0 Å². The van der Waals surface area contributed by atoms with Crippen LogP contribution >= 0.6 is 0 Å². The molecule has 1 rings (SSSR count). The van der Waals surface area contributed by atoms with Crippen molar-refractivity contribution in [3.63, 3.8) is 0 Å². The third kappa shape index (κ3) is 1.64. The molecule has 0 aliphatic heterocycles. The second-order valence-electron chi connectivity index (χ2n) is 1.91. The van der Waals surface area contributed by atoms with Gasteiger partial charge in [-0.05, 0) is 12.1 Å². The second-order valence-corrected chi connectivity index (χ2v) is 1.91. The molecule has 0 radical (unpaired) electrons. The van der Waals surface area contributed by atoms with Crippen LogP contribution in [0.5, 0.6) is 0 Å². The number of hydrogen-bond acceptors (Lipinski definition) is 3. The van der Waals surface area contributed by atoms with Gasteiger partial charge in [-0.2, -0.15) is 0 Å². The molecule has 0 spiro atoms. The van der Waals surface area contributed by atoms with Gasteiger partial charge in [0.15, 0.2) is 6.29 Å². The number of pyridine rings is 1. The number of aromatic nitrogens is 1. The summed E-state index contributed by atoms with van der Waals surface area (Å²) in [5.41, 5.74) is 0.489. The zero-order valence-electron chi connectivity index (χ0n) is 5.73. The highest BCUT2D eigenvalue weighted by Gasteiger charge is 1.95. The number of allylic oxidation sites excluding steroid dienone is 1. The molecular formula is C8H6NO2-. The molecule has 1 heterocycles. The Kier molecular flexibility index (Phi) is 2.38. The Labute approximate surface area is 64.0 Å². The minimum Gasteiger partial charge on any atom is -0.877 e. The number of carbonyl (C=O) groups is 1. The van der Waals surface area contributed by atoms with E-state index in [1.54, 1.807) is 18.2 Å². The van der Waals surface area contributed by atoms with E-state index in [1.807, 2.05) is 0 Å². The molecule has 0 bridgehead atoms. The van der Waals surface area contributed by atoms with Crippen molar-refractivity contribution in [1.29, 1.82) is 0 Å². The van der Waals surface area contributed by atoms with Crippen LogP contribution in [0.2, 0.25) is 0 Å². The maximum atomic E-state index is 10.2. The van der Waals surface area contributed by atoms with Gasteiger partial charge < -0.3 is 5.11 Å². The number of hydrogen-bond donors (Lipinski definition) is 0. The molecule has 0 aliphatic carbocycles. The minimum atomic E-state index is 0.0746. The van der Waals surface area contributed by atoms with Crippen LogP contribution in [0.25, 0.3) is 5.57 Å². The first kappa shape index (κ1) is 7.47. The van der Waals surface area contributed by atoms with Crippen LogP contribution in [0, 0.1) is 0 Å². The largest absolute Gasteiger partial charge is 0.877 e. The van der Waals surface area contributed by atoms with Gasteiger partial charge in [-0.25, -0.2) is 0 Å². The molecule has 0 amide bonds. The van der Waals surface area contributed by atoms with E-state index in [0.29, 0.717) is 18.2 Å². The van der Waals surface area contributed by atoms with Crippen molar-refractivity contribution in [1.82, 2.24) is 4.98 Å². The van der Waals surface area contributed by atoms with E-state index in [4.69, 9.17) is 0 Å². The average molecular weight is 148 g/mol. The molecule has 0 unspecified atom stereocenters. The summed E-state index contributed by atoms with van der Waals surface area (Å²) in [6.07, 6.45) is 2.52. The highest BCUT2D eigenvalue weighted by Crippen LogP contribution is 2.04. The van der Waals surface area contributed by atoms with E-state index in [2.05, 4.69) is 4.98 Å².